The van der Waals surface area contributed by atoms with Gasteiger partial charge in [0.25, 0.3) is 0 Å². The number of rotatable bonds is 7. The Morgan fingerprint density at radius 1 is 0.774 bits per heavy atom. The van der Waals surface area contributed by atoms with E-state index in [0.29, 0.717) is 51.2 Å². The number of ether oxygens (including phenoxy) is 6. The molecule has 162 valence electrons. The molecule has 0 fully saturated rings. The lowest BCUT2D eigenvalue weighted by Gasteiger charge is -2.23. The summed E-state index contributed by atoms with van der Waals surface area (Å²) in [6.07, 6.45) is -0.958. The number of aliphatic hydroxyl groups is 1. The minimum absolute atomic E-state index is 0.170. The molecule has 1 heterocycles. The lowest BCUT2D eigenvalue weighted by molar-refractivity contribution is 0.174. The van der Waals surface area contributed by atoms with Crippen molar-refractivity contribution in [3.05, 3.63) is 59.7 Å². The number of aliphatic hydroxyl groups excluding tert-OH is 1. The third kappa shape index (κ3) is 3.68. The van der Waals surface area contributed by atoms with Crippen LogP contribution >= 0.6 is 0 Å². The van der Waals surface area contributed by atoms with Crippen LogP contribution < -0.4 is 28.4 Å². The van der Waals surface area contributed by atoms with E-state index in [2.05, 4.69) is 0 Å². The molecule has 0 amide bonds. The third-order valence-electron chi connectivity index (χ3n) is 5.25. The Bertz CT molecular complexity index is 1080. The van der Waals surface area contributed by atoms with Gasteiger partial charge in [-0.25, -0.2) is 0 Å². The highest BCUT2D eigenvalue weighted by molar-refractivity contribution is 5.82. The monoisotopic (exact) mass is 424 g/mol. The second-order valence-corrected chi connectivity index (χ2v) is 6.85. The fourth-order valence-electron chi connectivity index (χ4n) is 3.71. The van der Waals surface area contributed by atoms with Crippen LogP contribution in [0.1, 0.15) is 17.2 Å². The van der Waals surface area contributed by atoms with Gasteiger partial charge in [-0.05, 0) is 41.5 Å². The summed E-state index contributed by atoms with van der Waals surface area (Å²) in [5.74, 6) is 3.33. The molecular weight excluding hydrogens is 400 g/mol. The van der Waals surface area contributed by atoms with Crippen LogP contribution in [0, 0.1) is 0 Å². The predicted molar refractivity (Wildman–Crippen MR) is 115 cm³/mol. The van der Waals surface area contributed by atoms with Crippen LogP contribution in [0.5, 0.6) is 34.5 Å². The molecule has 1 unspecified atom stereocenters. The summed E-state index contributed by atoms with van der Waals surface area (Å²) in [5, 5.41) is 11.3. The molecule has 7 heteroatoms. The van der Waals surface area contributed by atoms with Gasteiger partial charge in [0.05, 0.1) is 28.4 Å². The zero-order valence-corrected chi connectivity index (χ0v) is 17.8. The lowest BCUT2D eigenvalue weighted by atomic mass is 9.91. The lowest BCUT2D eigenvalue weighted by Crippen LogP contribution is -2.06. The van der Waals surface area contributed by atoms with Crippen molar-refractivity contribution in [2.24, 2.45) is 0 Å². The summed E-state index contributed by atoms with van der Waals surface area (Å²) in [6.45, 7) is 0.170. The number of benzene rings is 3. The quantitative estimate of drug-likeness (QED) is 0.609. The first-order valence-corrected chi connectivity index (χ1v) is 9.66. The van der Waals surface area contributed by atoms with Gasteiger partial charge in [0.15, 0.2) is 23.0 Å². The van der Waals surface area contributed by atoms with Crippen LogP contribution in [0.15, 0.2) is 48.5 Å². The molecule has 0 aromatic heterocycles. The van der Waals surface area contributed by atoms with Crippen molar-refractivity contribution in [3.63, 3.8) is 0 Å². The number of hydrogen-bond donors (Lipinski definition) is 1. The van der Waals surface area contributed by atoms with E-state index >= 15 is 0 Å². The van der Waals surface area contributed by atoms with E-state index in [1.165, 1.54) is 0 Å². The SMILES string of the molecule is COc1ccc(C(O)c2cc(OC)c(OC)c(OC)c2-c2ccc3c(c2)OCO3)cc1. The van der Waals surface area contributed by atoms with Crippen LogP contribution in [0.25, 0.3) is 11.1 Å². The maximum absolute atomic E-state index is 11.3. The van der Waals surface area contributed by atoms with Crippen LogP contribution in [0.3, 0.4) is 0 Å². The summed E-state index contributed by atoms with van der Waals surface area (Å²) >= 11 is 0. The Labute approximate surface area is 180 Å². The molecule has 7 nitrogen and oxygen atoms in total. The third-order valence-corrected chi connectivity index (χ3v) is 5.25. The summed E-state index contributed by atoms with van der Waals surface area (Å²) < 4.78 is 33.1. The fourth-order valence-corrected chi connectivity index (χ4v) is 3.71. The highest BCUT2D eigenvalue weighted by atomic mass is 16.7. The van der Waals surface area contributed by atoms with E-state index in [9.17, 15) is 5.11 Å². The molecule has 3 aromatic rings. The maximum atomic E-state index is 11.3. The molecule has 1 aliphatic heterocycles. The Morgan fingerprint density at radius 2 is 1.48 bits per heavy atom. The van der Waals surface area contributed by atoms with Crippen molar-refractivity contribution in [1.29, 1.82) is 0 Å². The molecule has 0 spiro atoms. The topological polar surface area (TPSA) is 75.6 Å². The van der Waals surface area contributed by atoms with E-state index < -0.39 is 6.10 Å². The predicted octanol–water partition coefficient (Wildman–Crippen LogP) is 4.20. The molecule has 0 saturated heterocycles. The number of methoxy groups -OCH3 is 4. The normalized spacial score (nSPS) is 12.9. The van der Waals surface area contributed by atoms with E-state index in [-0.39, 0.29) is 6.79 Å². The zero-order chi connectivity index (χ0) is 22.0. The van der Waals surface area contributed by atoms with Gasteiger partial charge in [-0.15, -0.1) is 0 Å². The Morgan fingerprint density at radius 3 is 2.13 bits per heavy atom. The van der Waals surface area contributed by atoms with E-state index in [4.69, 9.17) is 28.4 Å². The van der Waals surface area contributed by atoms with Crippen molar-refractivity contribution in [3.8, 4) is 45.6 Å². The van der Waals surface area contributed by atoms with Crippen molar-refractivity contribution < 1.29 is 33.5 Å². The smallest absolute Gasteiger partial charge is 0.231 e. The molecule has 4 rings (SSSR count). The van der Waals surface area contributed by atoms with Gasteiger partial charge in [0.1, 0.15) is 11.9 Å². The van der Waals surface area contributed by atoms with Gasteiger partial charge >= 0.3 is 0 Å². The van der Waals surface area contributed by atoms with Crippen molar-refractivity contribution in [1.82, 2.24) is 0 Å². The zero-order valence-electron chi connectivity index (χ0n) is 17.8. The highest BCUT2D eigenvalue weighted by Crippen LogP contribution is 2.50. The summed E-state index contributed by atoms with van der Waals surface area (Å²) in [4.78, 5) is 0. The van der Waals surface area contributed by atoms with E-state index in [1.54, 1.807) is 46.6 Å². The molecule has 3 aromatic carbocycles. The Balaban J connectivity index is 1.94. The molecular formula is C24H24O7. The molecule has 0 aliphatic carbocycles. The molecule has 0 bridgehead atoms. The minimum atomic E-state index is -0.958. The van der Waals surface area contributed by atoms with Crippen LogP contribution in [0.2, 0.25) is 0 Å². The van der Waals surface area contributed by atoms with Crippen molar-refractivity contribution in [2.75, 3.05) is 35.2 Å². The second-order valence-electron chi connectivity index (χ2n) is 6.85. The van der Waals surface area contributed by atoms with Crippen LogP contribution in [0.4, 0.5) is 0 Å². The summed E-state index contributed by atoms with van der Waals surface area (Å²) in [7, 11) is 6.24. The first-order chi connectivity index (χ1) is 15.1. The molecule has 1 N–H and O–H groups in total. The van der Waals surface area contributed by atoms with Gasteiger partial charge in [0, 0.05) is 11.1 Å². The molecule has 1 atom stereocenters. The van der Waals surface area contributed by atoms with Crippen molar-refractivity contribution >= 4 is 0 Å². The maximum Gasteiger partial charge on any atom is 0.231 e. The minimum Gasteiger partial charge on any atom is -0.497 e. The summed E-state index contributed by atoms with van der Waals surface area (Å²) in [6, 6.07) is 14.6. The highest BCUT2D eigenvalue weighted by Gasteiger charge is 2.27. The first kappa shape index (κ1) is 20.7. The van der Waals surface area contributed by atoms with Gasteiger partial charge in [0.2, 0.25) is 12.5 Å². The fraction of sp³-hybridized carbons (Fsp3) is 0.250. The van der Waals surface area contributed by atoms with Gasteiger partial charge < -0.3 is 33.5 Å². The Hall–Kier alpha value is -3.58. The number of hydrogen-bond acceptors (Lipinski definition) is 7. The molecule has 0 radical (unpaired) electrons. The molecule has 31 heavy (non-hydrogen) atoms. The molecule has 1 aliphatic rings. The standard InChI is InChI=1S/C24H24O7/c1-26-16-8-5-14(6-9-16)22(25)17-12-20(27-2)23(28-3)24(29-4)21(17)15-7-10-18-19(11-15)31-13-30-18/h5-12,22,25H,13H2,1-4H3. The summed E-state index contributed by atoms with van der Waals surface area (Å²) in [5.41, 5.74) is 2.74. The average molecular weight is 424 g/mol. The molecule has 0 saturated carbocycles. The van der Waals surface area contributed by atoms with Crippen LogP contribution in [-0.2, 0) is 0 Å². The van der Waals surface area contributed by atoms with Crippen molar-refractivity contribution in [2.45, 2.75) is 6.10 Å². The average Bonchev–Trinajstić information content (AvgIpc) is 3.30. The van der Waals surface area contributed by atoms with E-state index in [0.717, 1.165) is 5.56 Å². The first-order valence-electron chi connectivity index (χ1n) is 9.66. The van der Waals surface area contributed by atoms with Crippen LogP contribution in [-0.4, -0.2) is 40.3 Å². The second kappa shape index (κ2) is 8.65. The van der Waals surface area contributed by atoms with E-state index in [1.807, 2.05) is 30.3 Å². The number of fused-ring (bicyclic) bond motifs is 1. The van der Waals surface area contributed by atoms with Gasteiger partial charge in [-0.3, -0.25) is 0 Å². The van der Waals surface area contributed by atoms with Gasteiger partial charge in [-0.2, -0.15) is 0 Å². The largest absolute Gasteiger partial charge is 0.497 e. The van der Waals surface area contributed by atoms with Gasteiger partial charge in [-0.1, -0.05) is 18.2 Å². The Kier molecular flexibility index (Phi) is 5.77.